The lowest BCUT2D eigenvalue weighted by Crippen LogP contribution is -2.43. The highest BCUT2D eigenvalue weighted by molar-refractivity contribution is 7.09. The number of methoxy groups -OCH3 is 1. The lowest BCUT2D eigenvalue weighted by Gasteiger charge is -2.36. The first kappa shape index (κ1) is 22.2. The summed E-state index contributed by atoms with van der Waals surface area (Å²) in [7, 11) is 1.69. The highest BCUT2D eigenvalue weighted by Gasteiger charge is 2.31. The molecule has 6 nitrogen and oxygen atoms in total. The zero-order valence-corrected chi connectivity index (χ0v) is 19.0. The van der Waals surface area contributed by atoms with Crippen LogP contribution >= 0.6 is 11.3 Å². The fraction of sp³-hybridized carbons (Fsp3) is 0.320. The maximum Gasteiger partial charge on any atom is 0.270 e. The molecule has 166 valence electrons. The van der Waals surface area contributed by atoms with Crippen molar-refractivity contribution in [1.82, 2.24) is 20.2 Å². The number of likely N-dealkylation sites (tertiary alicyclic amines) is 1. The van der Waals surface area contributed by atoms with E-state index in [1.165, 1.54) is 0 Å². The third-order valence-corrected chi connectivity index (χ3v) is 6.57. The van der Waals surface area contributed by atoms with Crippen LogP contribution < -0.4 is 10.1 Å². The molecule has 1 aromatic carbocycles. The van der Waals surface area contributed by atoms with Crippen molar-refractivity contribution in [3.05, 3.63) is 82.6 Å². The fourth-order valence-corrected chi connectivity index (χ4v) is 4.92. The number of rotatable bonds is 8. The largest absolute Gasteiger partial charge is 0.496 e. The van der Waals surface area contributed by atoms with E-state index in [2.05, 4.69) is 38.4 Å². The van der Waals surface area contributed by atoms with Crippen molar-refractivity contribution in [3.63, 3.8) is 0 Å². The number of aromatic nitrogens is 2. The van der Waals surface area contributed by atoms with Crippen LogP contribution in [0, 0.1) is 5.92 Å². The quantitative estimate of drug-likeness (QED) is 0.552. The second kappa shape index (κ2) is 11.0. The Bertz CT molecular complexity index is 1020. The van der Waals surface area contributed by atoms with Gasteiger partial charge in [-0.25, -0.2) is 4.98 Å². The number of benzene rings is 1. The number of hydrogen-bond donors (Lipinski definition) is 1. The monoisotopic (exact) mass is 448 g/mol. The number of carbonyl (C=O) groups excluding carboxylic acids is 1. The van der Waals surface area contributed by atoms with Crippen LogP contribution in [0.3, 0.4) is 0 Å². The molecule has 1 amide bonds. The molecule has 3 aromatic rings. The molecule has 0 spiro atoms. The minimum Gasteiger partial charge on any atom is -0.496 e. The molecule has 1 N–H and O–H groups in total. The van der Waals surface area contributed by atoms with Gasteiger partial charge in [0.25, 0.3) is 5.91 Å². The number of nitrogens with zero attached hydrogens (tertiary/aromatic N) is 3. The van der Waals surface area contributed by atoms with Crippen molar-refractivity contribution in [3.8, 4) is 5.75 Å². The van der Waals surface area contributed by atoms with Crippen LogP contribution in [0.2, 0.25) is 0 Å². The van der Waals surface area contributed by atoms with Gasteiger partial charge in [0.1, 0.15) is 16.5 Å². The summed E-state index contributed by atoms with van der Waals surface area (Å²) < 4.78 is 5.44. The molecule has 1 fully saturated rings. The van der Waals surface area contributed by atoms with Crippen LogP contribution in [0.5, 0.6) is 5.75 Å². The van der Waals surface area contributed by atoms with E-state index in [4.69, 9.17) is 4.74 Å². The van der Waals surface area contributed by atoms with Crippen LogP contribution in [0.25, 0.3) is 6.08 Å². The third kappa shape index (κ3) is 5.60. The molecular formula is C25H28N4O2S. The zero-order chi connectivity index (χ0) is 22.2. The van der Waals surface area contributed by atoms with Gasteiger partial charge in [0.05, 0.1) is 13.2 Å². The van der Waals surface area contributed by atoms with Crippen LogP contribution in [-0.4, -0.2) is 47.5 Å². The van der Waals surface area contributed by atoms with Gasteiger partial charge in [-0.1, -0.05) is 36.4 Å². The van der Waals surface area contributed by atoms with E-state index in [0.717, 1.165) is 48.8 Å². The Kier molecular flexibility index (Phi) is 7.64. The molecule has 1 aliphatic heterocycles. The predicted molar refractivity (Wildman–Crippen MR) is 128 cm³/mol. The Morgan fingerprint density at radius 2 is 2.12 bits per heavy atom. The normalized spacial score (nSPS) is 17.8. The summed E-state index contributed by atoms with van der Waals surface area (Å²) in [6.45, 7) is 2.81. The number of hydrogen-bond acceptors (Lipinski definition) is 6. The van der Waals surface area contributed by atoms with Gasteiger partial charge in [0.2, 0.25) is 0 Å². The number of thiazole rings is 1. The van der Waals surface area contributed by atoms with Crippen molar-refractivity contribution < 1.29 is 9.53 Å². The topological polar surface area (TPSA) is 67.3 Å². The number of para-hydroxylation sites is 1. The Morgan fingerprint density at radius 3 is 2.91 bits per heavy atom. The maximum atomic E-state index is 12.8. The molecule has 0 bridgehead atoms. The molecule has 0 radical (unpaired) electrons. The molecule has 3 heterocycles. The van der Waals surface area contributed by atoms with Gasteiger partial charge in [0.15, 0.2) is 0 Å². The molecule has 0 unspecified atom stereocenters. The number of pyridine rings is 1. The Hall–Kier alpha value is -3.03. The number of ether oxygens (including phenoxy) is 1. The smallest absolute Gasteiger partial charge is 0.270 e. The van der Waals surface area contributed by atoms with Gasteiger partial charge < -0.3 is 10.1 Å². The number of piperidine rings is 1. The van der Waals surface area contributed by atoms with Gasteiger partial charge in [0, 0.05) is 36.4 Å². The lowest BCUT2D eigenvalue weighted by molar-refractivity contribution is 0.0884. The molecule has 1 aliphatic rings. The highest BCUT2D eigenvalue weighted by Crippen LogP contribution is 2.31. The molecule has 4 rings (SSSR count). The maximum absolute atomic E-state index is 12.8. The Morgan fingerprint density at radius 1 is 1.25 bits per heavy atom. The first-order valence-electron chi connectivity index (χ1n) is 10.9. The fourth-order valence-electron chi connectivity index (χ4n) is 4.14. The highest BCUT2D eigenvalue weighted by atomic mass is 32.1. The van der Waals surface area contributed by atoms with E-state index in [1.54, 1.807) is 36.9 Å². The van der Waals surface area contributed by atoms with Crippen molar-refractivity contribution in [2.24, 2.45) is 5.92 Å². The van der Waals surface area contributed by atoms with Crippen molar-refractivity contribution in [1.29, 1.82) is 0 Å². The summed E-state index contributed by atoms with van der Waals surface area (Å²) in [6.07, 6.45) is 9.89. The van der Waals surface area contributed by atoms with Crippen molar-refractivity contribution in [2.45, 2.75) is 18.9 Å². The average molecular weight is 449 g/mol. The van der Waals surface area contributed by atoms with E-state index in [0.29, 0.717) is 11.6 Å². The van der Waals surface area contributed by atoms with Crippen molar-refractivity contribution >= 4 is 23.3 Å². The first-order valence-corrected chi connectivity index (χ1v) is 11.8. The summed E-state index contributed by atoms with van der Waals surface area (Å²) in [6, 6.07) is 13.3. The van der Waals surface area contributed by atoms with Crippen LogP contribution in [0.15, 0.2) is 66.3 Å². The predicted octanol–water partition coefficient (Wildman–Crippen LogP) is 4.44. The molecule has 0 saturated carbocycles. The van der Waals surface area contributed by atoms with E-state index >= 15 is 0 Å². The lowest BCUT2D eigenvalue weighted by atomic mass is 9.90. The van der Waals surface area contributed by atoms with E-state index in [1.807, 2.05) is 35.7 Å². The van der Waals surface area contributed by atoms with Gasteiger partial charge in [-0.3, -0.25) is 14.7 Å². The first-order chi connectivity index (χ1) is 15.7. The Labute approximate surface area is 193 Å². The van der Waals surface area contributed by atoms with E-state index in [9.17, 15) is 4.79 Å². The van der Waals surface area contributed by atoms with Gasteiger partial charge in [-0.05, 0) is 43.5 Å². The van der Waals surface area contributed by atoms with Crippen LogP contribution in [0.4, 0.5) is 0 Å². The second-order valence-electron chi connectivity index (χ2n) is 7.84. The molecule has 1 saturated heterocycles. The van der Waals surface area contributed by atoms with Gasteiger partial charge >= 0.3 is 0 Å². The molecule has 2 aromatic heterocycles. The summed E-state index contributed by atoms with van der Waals surface area (Å²) >= 11 is 1.59. The minimum absolute atomic E-state index is 0.120. The van der Waals surface area contributed by atoms with Crippen LogP contribution in [0.1, 0.15) is 39.9 Å². The van der Waals surface area contributed by atoms with Gasteiger partial charge in [-0.15, -0.1) is 11.3 Å². The van der Waals surface area contributed by atoms with Crippen LogP contribution in [-0.2, 0) is 0 Å². The summed E-state index contributed by atoms with van der Waals surface area (Å²) in [4.78, 5) is 24.0. The van der Waals surface area contributed by atoms with Gasteiger partial charge in [-0.2, -0.15) is 0 Å². The SMILES string of the molecule is COc1ccccc1/C=C/CN1CCC[C@@H]([C@H](NC(=O)c2ccccn2)c2nccs2)C1. The summed E-state index contributed by atoms with van der Waals surface area (Å²) in [5, 5.41) is 6.12. The molecular weight excluding hydrogens is 420 g/mol. The number of amides is 1. The zero-order valence-electron chi connectivity index (χ0n) is 18.2. The number of carbonyl (C=O) groups is 1. The molecule has 0 aliphatic carbocycles. The second-order valence-corrected chi connectivity index (χ2v) is 8.77. The summed E-state index contributed by atoms with van der Waals surface area (Å²) in [5.41, 5.74) is 1.51. The number of nitrogens with one attached hydrogen (secondary N) is 1. The minimum atomic E-state index is -0.154. The van der Waals surface area contributed by atoms with E-state index in [-0.39, 0.29) is 11.9 Å². The molecule has 32 heavy (non-hydrogen) atoms. The van der Waals surface area contributed by atoms with Crippen molar-refractivity contribution in [2.75, 3.05) is 26.7 Å². The standard InChI is InChI=1S/C25H28N4O2S/c1-31-22-12-3-2-8-19(22)9-6-15-29-16-7-10-20(18-29)23(25-27-14-17-32-25)28-24(30)21-11-4-5-13-26-21/h2-6,8-9,11-14,17,20,23H,7,10,15-16,18H2,1H3,(H,28,30)/b9-6+/t20-,23+/m1/s1. The summed E-state index contributed by atoms with van der Waals surface area (Å²) in [5.74, 6) is 1.02. The average Bonchev–Trinajstić information content (AvgIpc) is 3.38. The Balaban J connectivity index is 1.43. The molecule has 7 heteroatoms. The third-order valence-electron chi connectivity index (χ3n) is 5.71. The van der Waals surface area contributed by atoms with E-state index < -0.39 is 0 Å². The molecule has 2 atom stereocenters.